The molecular formula is C24H18Br2ClN3O2. The fourth-order valence-corrected chi connectivity index (χ4v) is 4.03. The molecule has 0 radical (unpaired) electrons. The average Bonchev–Trinajstić information content (AvgIpc) is 3.13. The standard InChI is InChI=1S/C24H18Br2ClN3O2/c25-19-6-2-4-8-22(19)32-15-16-9-11-17(12-10-16)24(31)28-23-20(26)14-30(29-23)13-18-5-1-3-7-21(18)27/h1-12,14H,13,15H2,(H,28,29,31). The number of halogens is 3. The first kappa shape index (κ1) is 22.6. The van der Waals surface area contributed by atoms with Gasteiger partial charge in [0.2, 0.25) is 0 Å². The Kier molecular flexibility index (Phi) is 7.29. The maximum absolute atomic E-state index is 12.7. The summed E-state index contributed by atoms with van der Waals surface area (Å²) in [5.74, 6) is 0.974. The molecule has 0 saturated heterocycles. The molecule has 0 aliphatic heterocycles. The van der Waals surface area contributed by atoms with E-state index in [0.717, 1.165) is 21.3 Å². The maximum atomic E-state index is 12.7. The molecule has 3 aromatic carbocycles. The van der Waals surface area contributed by atoms with Crippen LogP contribution in [0.4, 0.5) is 5.82 Å². The summed E-state index contributed by atoms with van der Waals surface area (Å²) >= 11 is 13.2. The molecule has 1 N–H and O–H groups in total. The number of nitrogens with one attached hydrogen (secondary N) is 1. The van der Waals surface area contributed by atoms with E-state index in [0.29, 0.717) is 34.0 Å². The molecule has 4 rings (SSSR count). The van der Waals surface area contributed by atoms with Gasteiger partial charge >= 0.3 is 0 Å². The van der Waals surface area contributed by atoms with Crippen molar-refractivity contribution in [1.82, 2.24) is 9.78 Å². The summed E-state index contributed by atoms with van der Waals surface area (Å²) < 4.78 is 9.13. The van der Waals surface area contributed by atoms with Gasteiger partial charge in [0.1, 0.15) is 12.4 Å². The first-order valence-corrected chi connectivity index (χ1v) is 11.7. The quantitative estimate of drug-likeness (QED) is 0.260. The summed E-state index contributed by atoms with van der Waals surface area (Å²) in [5, 5.41) is 7.97. The summed E-state index contributed by atoms with van der Waals surface area (Å²) in [5.41, 5.74) is 2.44. The van der Waals surface area contributed by atoms with Crippen molar-refractivity contribution in [1.29, 1.82) is 0 Å². The zero-order chi connectivity index (χ0) is 22.5. The Morgan fingerprint density at radius 2 is 1.69 bits per heavy atom. The van der Waals surface area contributed by atoms with Crippen molar-refractivity contribution in [3.63, 3.8) is 0 Å². The topological polar surface area (TPSA) is 56.2 Å². The highest BCUT2D eigenvalue weighted by Crippen LogP contribution is 2.25. The third kappa shape index (κ3) is 5.59. The third-order valence-electron chi connectivity index (χ3n) is 4.69. The number of ether oxygens (including phenoxy) is 1. The number of carbonyl (C=O) groups excluding carboxylic acids is 1. The van der Waals surface area contributed by atoms with Gasteiger partial charge in [0.15, 0.2) is 5.82 Å². The molecular weight excluding hydrogens is 558 g/mol. The van der Waals surface area contributed by atoms with Crippen molar-refractivity contribution in [2.45, 2.75) is 13.2 Å². The lowest BCUT2D eigenvalue weighted by atomic mass is 10.1. The summed E-state index contributed by atoms with van der Waals surface area (Å²) in [7, 11) is 0. The molecule has 162 valence electrons. The van der Waals surface area contributed by atoms with Crippen LogP contribution in [0, 0.1) is 0 Å². The number of nitrogens with zero attached hydrogens (tertiary/aromatic N) is 2. The van der Waals surface area contributed by atoms with E-state index >= 15 is 0 Å². The third-order valence-corrected chi connectivity index (χ3v) is 6.29. The Balaban J connectivity index is 1.38. The number of aromatic nitrogens is 2. The van der Waals surface area contributed by atoms with Crippen LogP contribution in [0.15, 0.2) is 87.9 Å². The van der Waals surface area contributed by atoms with Crippen LogP contribution in [-0.2, 0) is 13.2 Å². The fourth-order valence-electron chi connectivity index (χ4n) is 3.02. The summed E-state index contributed by atoms with van der Waals surface area (Å²) in [4.78, 5) is 12.7. The zero-order valence-corrected chi connectivity index (χ0v) is 20.7. The van der Waals surface area contributed by atoms with Gasteiger partial charge in [-0.1, -0.05) is 54.1 Å². The molecule has 0 aliphatic rings. The van der Waals surface area contributed by atoms with Crippen LogP contribution in [0.2, 0.25) is 5.02 Å². The average molecular weight is 576 g/mol. The number of benzene rings is 3. The highest BCUT2D eigenvalue weighted by Gasteiger charge is 2.13. The second-order valence-corrected chi connectivity index (χ2v) is 9.10. The van der Waals surface area contributed by atoms with Crippen molar-refractivity contribution in [3.8, 4) is 5.75 Å². The normalized spacial score (nSPS) is 10.7. The van der Waals surface area contributed by atoms with Crippen molar-refractivity contribution in [2.75, 3.05) is 5.32 Å². The Bertz CT molecular complexity index is 1240. The number of hydrogen-bond acceptors (Lipinski definition) is 3. The molecule has 32 heavy (non-hydrogen) atoms. The number of anilines is 1. The summed E-state index contributed by atoms with van der Waals surface area (Å²) in [6.07, 6.45) is 1.81. The predicted molar refractivity (Wildman–Crippen MR) is 133 cm³/mol. The van der Waals surface area contributed by atoms with Gasteiger partial charge in [0.05, 0.1) is 15.5 Å². The van der Waals surface area contributed by atoms with Crippen molar-refractivity contribution in [2.24, 2.45) is 0 Å². The highest BCUT2D eigenvalue weighted by molar-refractivity contribution is 9.11. The molecule has 0 spiro atoms. The Labute approximate surface area is 207 Å². The van der Waals surface area contributed by atoms with Crippen molar-refractivity contribution < 1.29 is 9.53 Å². The smallest absolute Gasteiger partial charge is 0.256 e. The minimum atomic E-state index is -0.244. The Hall–Kier alpha value is -2.61. The van der Waals surface area contributed by atoms with Gasteiger partial charge in [-0.25, -0.2) is 0 Å². The van der Waals surface area contributed by atoms with E-state index in [1.807, 2.05) is 60.7 Å². The Morgan fingerprint density at radius 1 is 0.969 bits per heavy atom. The van der Waals surface area contributed by atoms with Gasteiger partial charge in [-0.3, -0.25) is 9.48 Å². The second kappa shape index (κ2) is 10.3. The van der Waals surface area contributed by atoms with E-state index in [1.165, 1.54) is 0 Å². The van der Waals surface area contributed by atoms with E-state index in [-0.39, 0.29) is 5.91 Å². The highest BCUT2D eigenvalue weighted by atomic mass is 79.9. The van der Waals surface area contributed by atoms with Gasteiger partial charge in [0, 0.05) is 16.8 Å². The lowest BCUT2D eigenvalue weighted by molar-refractivity contribution is 0.102. The predicted octanol–water partition coefficient (Wildman–Crippen LogP) is 6.94. The van der Waals surface area contributed by atoms with E-state index in [2.05, 4.69) is 42.3 Å². The van der Waals surface area contributed by atoms with Gasteiger partial charge < -0.3 is 10.1 Å². The van der Waals surface area contributed by atoms with Crippen LogP contribution < -0.4 is 10.1 Å². The maximum Gasteiger partial charge on any atom is 0.256 e. The van der Waals surface area contributed by atoms with Crippen molar-refractivity contribution >= 4 is 55.2 Å². The first-order chi connectivity index (χ1) is 15.5. The van der Waals surface area contributed by atoms with Gasteiger partial charge in [-0.15, -0.1) is 0 Å². The number of hydrogen-bond donors (Lipinski definition) is 1. The number of carbonyl (C=O) groups is 1. The van der Waals surface area contributed by atoms with Crippen molar-refractivity contribution in [3.05, 3.63) is 110 Å². The lowest BCUT2D eigenvalue weighted by Crippen LogP contribution is -2.13. The Morgan fingerprint density at radius 3 is 2.44 bits per heavy atom. The molecule has 0 atom stereocenters. The van der Waals surface area contributed by atoms with E-state index in [9.17, 15) is 4.79 Å². The van der Waals surface area contributed by atoms with Crippen LogP contribution in [0.3, 0.4) is 0 Å². The largest absolute Gasteiger partial charge is 0.488 e. The number of para-hydroxylation sites is 1. The van der Waals surface area contributed by atoms with Gasteiger partial charge in [-0.05, 0) is 73.3 Å². The molecule has 0 aliphatic carbocycles. The number of amides is 1. The molecule has 0 unspecified atom stereocenters. The minimum Gasteiger partial charge on any atom is -0.488 e. The molecule has 0 bridgehead atoms. The minimum absolute atomic E-state index is 0.244. The molecule has 8 heteroatoms. The van der Waals surface area contributed by atoms with E-state index in [1.54, 1.807) is 23.0 Å². The van der Waals surface area contributed by atoms with E-state index in [4.69, 9.17) is 16.3 Å². The first-order valence-electron chi connectivity index (χ1n) is 9.73. The fraction of sp³-hybridized carbons (Fsp3) is 0.0833. The number of rotatable bonds is 7. The van der Waals surface area contributed by atoms with Crippen LogP contribution in [0.1, 0.15) is 21.5 Å². The zero-order valence-electron chi connectivity index (χ0n) is 16.8. The van der Waals surface area contributed by atoms with Gasteiger partial charge in [0.25, 0.3) is 5.91 Å². The molecule has 0 saturated carbocycles. The lowest BCUT2D eigenvalue weighted by Gasteiger charge is -2.09. The molecule has 1 heterocycles. The summed E-state index contributed by atoms with van der Waals surface area (Å²) in [6.45, 7) is 0.906. The van der Waals surface area contributed by atoms with Crippen LogP contribution in [0.25, 0.3) is 0 Å². The van der Waals surface area contributed by atoms with Gasteiger partial charge in [-0.2, -0.15) is 5.10 Å². The van der Waals surface area contributed by atoms with E-state index < -0.39 is 0 Å². The second-order valence-electron chi connectivity index (χ2n) is 6.98. The monoisotopic (exact) mass is 573 g/mol. The molecule has 0 fully saturated rings. The molecule has 5 nitrogen and oxygen atoms in total. The molecule has 4 aromatic rings. The van der Waals surface area contributed by atoms with Crippen LogP contribution in [0.5, 0.6) is 5.75 Å². The SMILES string of the molecule is O=C(Nc1nn(Cc2ccccc2Cl)cc1Br)c1ccc(COc2ccccc2Br)cc1. The molecule has 1 amide bonds. The van der Waals surface area contributed by atoms with Crippen LogP contribution >= 0.6 is 43.5 Å². The summed E-state index contributed by atoms with van der Waals surface area (Å²) in [6, 6.07) is 22.5. The van der Waals surface area contributed by atoms with Crippen LogP contribution in [-0.4, -0.2) is 15.7 Å². The molecule has 1 aromatic heterocycles.